The molecule has 0 fully saturated rings. The van der Waals surface area contributed by atoms with Crippen molar-refractivity contribution in [2.24, 2.45) is 10.9 Å². The Bertz CT molecular complexity index is 595. The number of rotatable bonds is 8. The Balaban J connectivity index is 0.00000288. The van der Waals surface area contributed by atoms with Crippen LogP contribution in [-0.2, 0) is 19.4 Å². The highest BCUT2D eigenvalue weighted by atomic mass is 127. The molecule has 6 nitrogen and oxygen atoms in total. The van der Waals surface area contributed by atoms with Crippen LogP contribution in [0.2, 0.25) is 0 Å². The highest BCUT2D eigenvalue weighted by Crippen LogP contribution is 2.13. The summed E-state index contributed by atoms with van der Waals surface area (Å²) in [6, 6.07) is 4.30. The zero-order chi connectivity index (χ0) is 16.5. The largest absolute Gasteiger partial charge is 0.356 e. The molecule has 8 heteroatoms. The lowest BCUT2D eigenvalue weighted by Crippen LogP contribution is -2.41. The number of aliphatic imine (C=N–C) groups is 1. The summed E-state index contributed by atoms with van der Waals surface area (Å²) in [6.45, 7) is 6.88. The van der Waals surface area contributed by atoms with Crippen molar-refractivity contribution < 1.29 is 0 Å². The van der Waals surface area contributed by atoms with E-state index in [0.29, 0.717) is 5.92 Å². The SMILES string of the molecule is CCc1nncn1CCNC(=NC)NCC(C)Cc1cccs1.I. The van der Waals surface area contributed by atoms with Gasteiger partial charge in [0.05, 0.1) is 0 Å². The molecule has 134 valence electrons. The van der Waals surface area contributed by atoms with Gasteiger partial charge in [0.15, 0.2) is 5.96 Å². The molecule has 0 spiro atoms. The zero-order valence-corrected chi connectivity index (χ0v) is 17.7. The molecule has 0 bridgehead atoms. The quantitative estimate of drug-likeness (QED) is 0.360. The average Bonchev–Trinajstić information content (AvgIpc) is 3.21. The number of guanidine groups is 1. The molecule has 1 unspecified atom stereocenters. The third-order valence-corrected chi connectivity index (χ3v) is 4.53. The molecule has 2 rings (SSSR count). The van der Waals surface area contributed by atoms with Crippen LogP contribution in [0.1, 0.15) is 24.5 Å². The van der Waals surface area contributed by atoms with Crippen molar-refractivity contribution in [3.8, 4) is 0 Å². The Morgan fingerprint density at radius 3 is 2.92 bits per heavy atom. The van der Waals surface area contributed by atoms with Crippen LogP contribution >= 0.6 is 35.3 Å². The highest BCUT2D eigenvalue weighted by Gasteiger charge is 2.06. The van der Waals surface area contributed by atoms with Gasteiger partial charge < -0.3 is 15.2 Å². The minimum absolute atomic E-state index is 0. The summed E-state index contributed by atoms with van der Waals surface area (Å²) in [5.74, 6) is 2.42. The molecular weight excluding hydrogens is 435 g/mol. The molecule has 0 aliphatic heterocycles. The van der Waals surface area contributed by atoms with E-state index in [1.807, 2.05) is 11.3 Å². The fourth-order valence-electron chi connectivity index (χ4n) is 2.37. The fraction of sp³-hybridized carbons (Fsp3) is 0.562. The summed E-state index contributed by atoms with van der Waals surface area (Å²) >= 11 is 1.82. The molecule has 0 saturated carbocycles. The normalized spacial score (nSPS) is 12.5. The number of halogens is 1. The molecule has 2 heterocycles. The predicted molar refractivity (Wildman–Crippen MR) is 111 cm³/mol. The molecule has 0 aliphatic rings. The van der Waals surface area contributed by atoms with E-state index in [-0.39, 0.29) is 24.0 Å². The number of thiophene rings is 1. The lowest BCUT2D eigenvalue weighted by atomic mass is 10.1. The summed E-state index contributed by atoms with van der Waals surface area (Å²) in [4.78, 5) is 5.71. The van der Waals surface area contributed by atoms with Gasteiger partial charge in [0.1, 0.15) is 12.2 Å². The Hall–Kier alpha value is -1.16. The number of nitrogens with zero attached hydrogens (tertiary/aromatic N) is 4. The van der Waals surface area contributed by atoms with Crippen LogP contribution < -0.4 is 10.6 Å². The van der Waals surface area contributed by atoms with E-state index in [9.17, 15) is 0 Å². The van der Waals surface area contributed by atoms with Gasteiger partial charge in [0.25, 0.3) is 0 Å². The van der Waals surface area contributed by atoms with Crippen molar-refractivity contribution in [1.29, 1.82) is 0 Å². The van der Waals surface area contributed by atoms with E-state index in [0.717, 1.165) is 44.3 Å². The number of hydrogen-bond acceptors (Lipinski definition) is 4. The van der Waals surface area contributed by atoms with Crippen LogP contribution in [-0.4, -0.2) is 40.9 Å². The summed E-state index contributed by atoms with van der Waals surface area (Å²) in [7, 11) is 1.80. The second-order valence-corrected chi connectivity index (χ2v) is 6.59. The van der Waals surface area contributed by atoms with Gasteiger partial charge in [-0.25, -0.2) is 0 Å². The Morgan fingerprint density at radius 2 is 2.25 bits per heavy atom. The molecule has 0 saturated heterocycles. The second-order valence-electron chi connectivity index (χ2n) is 5.56. The summed E-state index contributed by atoms with van der Waals surface area (Å²) in [6.07, 6.45) is 3.77. The van der Waals surface area contributed by atoms with Gasteiger partial charge in [0, 0.05) is 38.0 Å². The number of aryl methyl sites for hydroxylation is 1. The number of nitrogens with one attached hydrogen (secondary N) is 2. The summed E-state index contributed by atoms with van der Waals surface area (Å²) in [5.41, 5.74) is 0. The topological polar surface area (TPSA) is 67.1 Å². The van der Waals surface area contributed by atoms with Crippen molar-refractivity contribution in [1.82, 2.24) is 25.4 Å². The van der Waals surface area contributed by atoms with Gasteiger partial charge in [-0.15, -0.1) is 45.5 Å². The fourth-order valence-corrected chi connectivity index (χ4v) is 3.24. The summed E-state index contributed by atoms with van der Waals surface area (Å²) in [5, 5.41) is 16.9. The number of hydrogen-bond donors (Lipinski definition) is 2. The van der Waals surface area contributed by atoms with Gasteiger partial charge in [-0.1, -0.05) is 19.9 Å². The van der Waals surface area contributed by atoms with E-state index >= 15 is 0 Å². The van der Waals surface area contributed by atoms with Crippen molar-refractivity contribution >= 4 is 41.3 Å². The maximum absolute atomic E-state index is 4.27. The maximum atomic E-state index is 4.27. The third-order valence-electron chi connectivity index (χ3n) is 3.63. The molecule has 0 radical (unpaired) electrons. The molecule has 0 amide bonds. The lowest BCUT2D eigenvalue weighted by Gasteiger charge is -2.16. The van der Waals surface area contributed by atoms with E-state index in [2.05, 4.69) is 61.8 Å². The maximum Gasteiger partial charge on any atom is 0.191 e. The first-order valence-electron chi connectivity index (χ1n) is 8.06. The first kappa shape index (κ1) is 20.9. The van der Waals surface area contributed by atoms with E-state index in [1.165, 1.54) is 4.88 Å². The van der Waals surface area contributed by atoms with Gasteiger partial charge in [-0.3, -0.25) is 4.99 Å². The van der Waals surface area contributed by atoms with Crippen molar-refractivity contribution in [3.63, 3.8) is 0 Å². The minimum Gasteiger partial charge on any atom is -0.356 e. The summed E-state index contributed by atoms with van der Waals surface area (Å²) < 4.78 is 2.07. The smallest absolute Gasteiger partial charge is 0.191 e. The Labute approximate surface area is 165 Å². The Kier molecular flexibility index (Phi) is 9.92. The first-order chi connectivity index (χ1) is 11.2. The molecule has 0 aromatic carbocycles. The van der Waals surface area contributed by atoms with Crippen LogP contribution in [0.5, 0.6) is 0 Å². The van der Waals surface area contributed by atoms with Crippen LogP contribution in [0.15, 0.2) is 28.8 Å². The van der Waals surface area contributed by atoms with Crippen molar-refractivity contribution in [2.75, 3.05) is 20.1 Å². The highest BCUT2D eigenvalue weighted by molar-refractivity contribution is 14.0. The molecule has 2 aromatic rings. The van der Waals surface area contributed by atoms with Gasteiger partial charge in [-0.05, 0) is 23.8 Å². The zero-order valence-electron chi connectivity index (χ0n) is 14.5. The minimum atomic E-state index is 0. The predicted octanol–water partition coefficient (Wildman–Crippen LogP) is 2.56. The van der Waals surface area contributed by atoms with E-state index in [1.54, 1.807) is 13.4 Å². The van der Waals surface area contributed by atoms with Crippen molar-refractivity contribution in [3.05, 3.63) is 34.5 Å². The van der Waals surface area contributed by atoms with Crippen LogP contribution in [0.4, 0.5) is 0 Å². The van der Waals surface area contributed by atoms with E-state index in [4.69, 9.17) is 0 Å². The van der Waals surface area contributed by atoms with Gasteiger partial charge in [-0.2, -0.15) is 0 Å². The number of aromatic nitrogens is 3. The first-order valence-corrected chi connectivity index (χ1v) is 8.94. The van der Waals surface area contributed by atoms with Gasteiger partial charge in [0.2, 0.25) is 0 Å². The monoisotopic (exact) mass is 462 g/mol. The lowest BCUT2D eigenvalue weighted by molar-refractivity contribution is 0.558. The third kappa shape index (κ3) is 6.76. The van der Waals surface area contributed by atoms with Gasteiger partial charge >= 0.3 is 0 Å². The van der Waals surface area contributed by atoms with Crippen LogP contribution in [0, 0.1) is 5.92 Å². The molecule has 2 aromatic heterocycles. The van der Waals surface area contributed by atoms with Crippen molar-refractivity contribution in [2.45, 2.75) is 33.2 Å². The van der Waals surface area contributed by atoms with Crippen LogP contribution in [0.3, 0.4) is 0 Å². The average molecular weight is 462 g/mol. The van der Waals surface area contributed by atoms with Crippen LogP contribution in [0.25, 0.3) is 0 Å². The Morgan fingerprint density at radius 1 is 1.42 bits per heavy atom. The standard InChI is InChI=1S/C16H26N6S.HI/c1-4-15-21-20-12-22(15)8-7-18-16(17-3)19-11-13(2)10-14-6-5-9-23-14;/h5-6,9,12-13H,4,7-8,10-11H2,1-3H3,(H2,17,18,19);1H. The van der Waals surface area contributed by atoms with E-state index < -0.39 is 0 Å². The molecule has 0 aliphatic carbocycles. The second kappa shape index (κ2) is 11.4. The molecule has 2 N–H and O–H groups in total. The molecule has 24 heavy (non-hydrogen) atoms. The molecule has 1 atom stereocenters. The molecular formula is C16H27IN6S.